The molecule has 10 heteroatoms. The molecule has 2 N–H and O–H groups in total. The predicted octanol–water partition coefficient (Wildman–Crippen LogP) is 4.54. The molecule has 0 radical (unpaired) electrons. The molecule has 5 rings (SSSR count). The average molecular weight is 486 g/mol. The fourth-order valence-electron chi connectivity index (χ4n) is 4.59. The lowest BCUT2D eigenvalue weighted by molar-refractivity contribution is -0.148. The number of benzene rings is 2. The second-order valence-corrected chi connectivity index (χ2v) is 9.06. The van der Waals surface area contributed by atoms with Crippen LogP contribution in [0.15, 0.2) is 42.6 Å². The van der Waals surface area contributed by atoms with Crippen LogP contribution in [-0.2, 0) is 9.53 Å². The zero-order valence-corrected chi connectivity index (χ0v) is 19.2. The minimum absolute atomic E-state index is 0.0187. The lowest BCUT2D eigenvalue weighted by atomic mass is 10.0. The van der Waals surface area contributed by atoms with Gasteiger partial charge in [-0.15, -0.1) is 0 Å². The van der Waals surface area contributed by atoms with Crippen molar-refractivity contribution in [3.8, 4) is 0 Å². The number of rotatable bonds is 7. The first-order valence-electron chi connectivity index (χ1n) is 11.6. The van der Waals surface area contributed by atoms with Gasteiger partial charge in [0.2, 0.25) is 5.91 Å². The highest BCUT2D eigenvalue weighted by Crippen LogP contribution is 2.32. The van der Waals surface area contributed by atoms with Crippen LogP contribution in [0.5, 0.6) is 0 Å². The van der Waals surface area contributed by atoms with Gasteiger partial charge in [-0.05, 0) is 31.5 Å². The molecule has 184 valence electrons. The second kappa shape index (κ2) is 9.69. The van der Waals surface area contributed by atoms with Crippen LogP contribution in [0.1, 0.15) is 36.9 Å². The van der Waals surface area contributed by atoms with Crippen molar-refractivity contribution in [3.63, 3.8) is 0 Å². The number of carbonyl (C=O) groups is 1. The molecule has 1 aromatic heterocycles. The molecule has 3 aromatic rings. The Morgan fingerprint density at radius 3 is 2.74 bits per heavy atom. The van der Waals surface area contributed by atoms with E-state index < -0.39 is 23.8 Å². The minimum atomic E-state index is -2.89. The van der Waals surface area contributed by atoms with Crippen LogP contribution in [0.4, 0.5) is 24.5 Å². The minimum Gasteiger partial charge on any atom is -0.380 e. The predicted molar refractivity (Wildman–Crippen MR) is 126 cm³/mol. The fourth-order valence-corrected chi connectivity index (χ4v) is 4.59. The normalized spacial score (nSPS) is 19.1. The molecule has 2 fully saturated rings. The van der Waals surface area contributed by atoms with Crippen LogP contribution in [-0.4, -0.2) is 53.3 Å². The molecule has 0 bridgehead atoms. The maximum Gasteiger partial charge on any atom is 0.266 e. The number of carbonyl (C=O) groups excluding carboxylic acids is 1. The van der Waals surface area contributed by atoms with Gasteiger partial charge in [0, 0.05) is 35.8 Å². The molecule has 35 heavy (non-hydrogen) atoms. The maximum absolute atomic E-state index is 14.7. The lowest BCUT2D eigenvalue weighted by Crippen LogP contribution is -2.44. The Hall–Kier alpha value is -3.40. The molecule has 3 heterocycles. The number of likely N-dealkylation sites (tertiary alicyclic amines) is 1. The third-order valence-corrected chi connectivity index (χ3v) is 6.63. The van der Waals surface area contributed by atoms with Gasteiger partial charge in [0.05, 0.1) is 48.1 Å². The van der Waals surface area contributed by atoms with Crippen LogP contribution < -0.4 is 10.6 Å². The van der Waals surface area contributed by atoms with Gasteiger partial charge in [-0.2, -0.15) is 10.2 Å². The highest BCUT2D eigenvalue weighted by molar-refractivity contribution is 5.93. The fraction of sp³-hybridized carbons (Fsp3) is 0.400. The third-order valence-electron chi connectivity index (χ3n) is 6.63. The molecule has 2 saturated heterocycles. The van der Waals surface area contributed by atoms with Crippen molar-refractivity contribution in [2.45, 2.75) is 31.9 Å². The highest BCUT2D eigenvalue weighted by Gasteiger charge is 2.34. The van der Waals surface area contributed by atoms with E-state index in [-0.39, 0.29) is 23.4 Å². The van der Waals surface area contributed by atoms with E-state index in [1.54, 1.807) is 6.92 Å². The largest absolute Gasteiger partial charge is 0.380 e. The monoisotopic (exact) mass is 485 g/mol. The van der Waals surface area contributed by atoms with E-state index >= 15 is 0 Å². The van der Waals surface area contributed by atoms with Crippen LogP contribution in [0.25, 0.3) is 10.9 Å². The van der Waals surface area contributed by atoms with E-state index in [0.717, 1.165) is 23.6 Å². The Bertz CT molecular complexity index is 1240. The molecule has 1 unspecified atom stereocenters. The summed E-state index contributed by atoms with van der Waals surface area (Å²) in [5, 5.41) is 15.6. The molecule has 0 saturated carbocycles. The zero-order chi connectivity index (χ0) is 24.5. The van der Waals surface area contributed by atoms with E-state index in [4.69, 9.17) is 4.74 Å². The number of alkyl halides is 2. The van der Waals surface area contributed by atoms with E-state index in [2.05, 4.69) is 20.8 Å². The smallest absolute Gasteiger partial charge is 0.266 e. The van der Waals surface area contributed by atoms with Crippen LogP contribution >= 0.6 is 0 Å². The summed E-state index contributed by atoms with van der Waals surface area (Å²) in [6.45, 7) is 4.05. The van der Waals surface area contributed by atoms with Crippen LogP contribution in [0.2, 0.25) is 0 Å². The quantitative estimate of drug-likeness (QED) is 0.512. The van der Waals surface area contributed by atoms with Gasteiger partial charge in [-0.25, -0.2) is 13.2 Å². The number of halogens is 3. The van der Waals surface area contributed by atoms with Crippen LogP contribution in [0.3, 0.4) is 0 Å². The Labute approximate surface area is 200 Å². The summed E-state index contributed by atoms with van der Waals surface area (Å²) in [6.07, 6.45) is -0.509. The van der Waals surface area contributed by atoms with E-state index in [9.17, 15) is 18.0 Å². The van der Waals surface area contributed by atoms with Gasteiger partial charge < -0.3 is 20.3 Å². The summed E-state index contributed by atoms with van der Waals surface area (Å²) in [5.41, 5.74) is 1.64. The van der Waals surface area contributed by atoms with Crippen molar-refractivity contribution < 1.29 is 22.7 Å². The summed E-state index contributed by atoms with van der Waals surface area (Å²) in [5.74, 6) is -0.780. The summed E-state index contributed by atoms with van der Waals surface area (Å²) in [4.78, 5) is 14.4. The molecule has 0 aliphatic carbocycles. The van der Waals surface area contributed by atoms with E-state index in [1.165, 1.54) is 18.3 Å². The summed E-state index contributed by atoms with van der Waals surface area (Å²) in [6, 6.07) is 9.21. The van der Waals surface area contributed by atoms with Crippen molar-refractivity contribution >= 4 is 28.2 Å². The van der Waals surface area contributed by atoms with Crippen LogP contribution in [0, 0.1) is 11.7 Å². The average Bonchev–Trinajstić information content (AvgIpc) is 3.26. The van der Waals surface area contributed by atoms with Gasteiger partial charge in [0.25, 0.3) is 6.43 Å². The summed E-state index contributed by atoms with van der Waals surface area (Å²) in [7, 11) is 0. The van der Waals surface area contributed by atoms with Crippen molar-refractivity contribution in [1.82, 2.24) is 15.1 Å². The summed E-state index contributed by atoms with van der Waals surface area (Å²) >= 11 is 0. The van der Waals surface area contributed by atoms with Crippen molar-refractivity contribution in [1.29, 1.82) is 0 Å². The van der Waals surface area contributed by atoms with E-state index in [0.29, 0.717) is 37.5 Å². The molecule has 2 aromatic carbocycles. The summed E-state index contributed by atoms with van der Waals surface area (Å²) < 4.78 is 46.1. The first-order chi connectivity index (χ1) is 16.9. The number of nitrogens with one attached hydrogen (secondary N) is 2. The van der Waals surface area contributed by atoms with Gasteiger partial charge in [0.15, 0.2) is 0 Å². The number of ether oxygens (including phenoxy) is 1. The molecule has 2 aliphatic rings. The number of hydrogen-bond acceptors (Lipinski definition) is 6. The number of amides is 1. The SMILES string of the molecule is C[C@@H](Nc1cnnc2ccc(NC3CCN(C(=O)C4COC4)C3)cc12)c1cccc(C(F)F)c1F. The molecular formula is C25H26F3N5O2. The Morgan fingerprint density at radius 2 is 2.00 bits per heavy atom. The van der Waals surface area contributed by atoms with Gasteiger partial charge in [-0.3, -0.25) is 4.79 Å². The molecule has 0 spiro atoms. The molecule has 1 amide bonds. The van der Waals surface area contributed by atoms with Gasteiger partial charge >= 0.3 is 0 Å². The Kier molecular flexibility index (Phi) is 6.46. The standard InChI is InChI=1S/C25H26F3N5O2/c1-14(18-3-2-4-19(23(18)26)24(27)28)30-22-10-29-32-21-6-5-16(9-20(21)22)31-17-7-8-33(11-17)25(34)15-12-35-13-15/h2-6,9-10,14-15,17,24,31H,7-8,11-13H2,1H3,(H,30,32)/t14-,17?/m1/s1. The van der Waals surface area contributed by atoms with Gasteiger partial charge in [-0.1, -0.05) is 18.2 Å². The Morgan fingerprint density at radius 1 is 1.20 bits per heavy atom. The third kappa shape index (κ3) is 4.75. The number of nitrogens with zero attached hydrogens (tertiary/aromatic N) is 3. The lowest BCUT2D eigenvalue weighted by Gasteiger charge is -2.29. The molecule has 7 nitrogen and oxygen atoms in total. The number of anilines is 2. The number of aromatic nitrogens is 2. The van der Waals surface area contributed by atoms with Crippen molar-refractivity contribution in [2.24, 2.45) is 5.92 Å². The highest BCUT2D eigenvalue weighted by atomic mass is 19.3. The second-order valence-electron chi connectivity index (χ2n) is 9.06. The topological polar surface area (TPSA) is 79.4 Å². The maximum atomic E-state index is 14.7. The van der Waals surface area contributed by atoms with Gasteiger partial charge in [0.1, 0.15) is 5.82 Å². The molecule has 2 aliphatic heterocycles. The van der Waals surface area contributed by atoms with E-state index in [1.807, 2.05) is 23.1 Å². The first-order valence-corrected chi connectivity index (χ1v) is 11.6. The van der Waals surface area contributed by atoms with Crippen molar-refractivity contribution in [3.05, 3.63) is 59.5 Å². The number of hydrogen-bond donors (Lipinski definition) is 2. The zero-order valence-electron chi connectivity index (χ0n) is 19.2. The molecular weight excluding hydrogens is 459 g/mol. The first kappa shape index (κ1) is 23.3. The Balaban J connectivity index is 1.32. The number of fused-ring (bicyclic) bond motifs is 1. The van der Waals surface area contributed by atoms with Crippen molar-refractivity contribution in [2.75, 3.05) is 36.9 Å². The molecule has 2 atom stereocenters.